The fourth-order valence-electron chi connectivity index (χ4n) is 2.53. The molecule has 0 aromatic heterocycles. The third-order valence-corrected chi connectivity index (χ3v) is 4.16. The molecule has 0 atom stereocenters. The topological polar surface area (TPSA) is 102 Å². The van der Waals surface area contributed by atoms with Gasteiger partial charge in [-0.25, -0.2) is 8.78 Å². The van der Waals surface area contributed by atoms with Crippen LogP contribution in [-0.4, -0.2) is 75.6 Å². The average Bonchev–Trinajstić information content (AvgIpc) is 2.76. The van der Waals surface area contributed by atoms with Crippen LogP contribution in [0.5, 0.6) is 0 Å². The van der Waals surface area contributed by atoms with Gasteiger partial charge in [0.25, 0.3) is 0 Å². The third-order valence-electron chi connectivity index (χ3n) is 4.16. The number of halogens is 2. The van der Waals surface area contributed by atoms with Crippen LogP contribution in [0.25, 0.3) is 0 Å². The van der Waals surface area contributed by atoms with Crippen molar-refractivity contribution in [3.63, 3.8) is 0 Å². The second-order valence-corrected chi connectivity index (χ2v) is 7.47. The van der Waals surface area contributed by atoms with Gasteiger partial charge in [0.1, 0.15) is 11.6 Å². The standard InChI is InChI=1S/C11H17FN2O.C11H15FN2O.Mn.2O/c2*1-14(2)7-6-13-11-9(8-15)4-3-5-10(11)12;;;/h3-5,13,15H,6-8H2,1-2H3;3-5,8,13H,6-7H2,1-2H3;;;. The van der Waals surface area contributed by atoms with Crippen LogP contribution in [0.4, 0.5) is 20.2 Å². The van der Waals surface area contributed by atoms with Gasteiger partial charge >= 0.3 is 22.5 Å². The van der Waals surface area contributed by atoms with Gasteiger partial charge in [-0.05, 0) is 46.4 Å². The van der Waals surface area contributed by atoms with E-state index in [1.165, 1.54) is 18.2 Å². The van der Waals surface area contributed by atoms with E-state index < -0.39 is 20.6 Å². The molecule has 0 saturated heterocycles. The number of aliphatic hydroxyl groups excluding tert-OH is 1. The quantitative estimate of drug-likeness (QED) is 0.332. The van der Waals surface area contributed by atoms with Crippen LogP contribution < -0.4 is 10.6 Å². The number of para-hydroxylation sites is 2. The number of hydrogen-bond donors (Lipinski definition) is 3. The van der Waals surface area contributed by atoms with Crippen LogP contribution in [0.3, 0.4) is 0 Å². The molecule has 0 aliphatic rings. The van der Waals surface area contributed by atoms with Crippen molar-refractivity contribution in [1.29, 1.82) is 0 Å². The molecule has 0 radical (unpaired) electrons. The first-order chi connectivity index (χ1) is 15.7. The van der Waals surface area contributed by atoms with Crippen LogP contribution >= 0.6 is 0 Å². The fourth-order valence-corrected chi connectivity index (χ4v) is 2.53. The molecule has 0 aliphatic heterocycles. The molecule has 0 spiro atoms. The summed E-state index contributed by atoms with van der Waals surface area (Å²) >= 11 is -1.44. The molecule has 0 fully saturated rings. The summed E-state index contributed by atoms with van der Waals surface area (Å²) in [6.07, 6.45) is 0.654. The summed E-state index contributed by atoms with van der Waals surface area (Å²) in [5.41, 5.74) is 1.64. The molecule has 0 aliphatic carbocycles. The summed E-state index contributed by atoms with van der Waals surface area (Å²) in [6.45, 7) is 2.71. The summed E-state index contributed by atoms with van der Waals surface area (Å²) in [4.78, 5) is 14.6. The normalized spacial score (nSPS) is 9.97. The number of likely N-dealkylation sites (N-methyl/N-ethyl adjacent to an activating group) is 2. The Hall–Kier alpha value is -2.43. The van der Waals surface area contributed by atoms with Crippen LogP contribution in [0.15, 0.2) is 36.4 Å². The van der Waals surface area contributed by atoms with E-state index in [0.717, 1.165) is 13.1 Å². The summed E-state index contributed by atoms with van der Waals surface area (Å²) < 4.78 is 43.5. The molecule has 0 heterocycles. The first-order valence-electron chi connectivity index (χ1n) is 10.00. The molecule has 2 aromatic carbocycles. The molecule has 2 aromatic rings. The molecule has 185 valence electrons. The number of hydrogen-bond acceptors (Lipinski definition) is 8. The second kappa shape index (κ2) is 18.0. The number of aldehydes is 1. The predicted octanol–water partition coefficient (Wildman–Crippen LogP) is 2.66. The Bertz CT molecular complexity index is 879. The first-order valence-corrected chi connectivity index (χ1v) is 11.0. The number of nitrogens with zero attached hydrogens (tertiary/aromatic N) is 2. The van der Waals surface area contributed by atoms with Gasteiger partial charge in [-0.15, -0.1) is 0 Å². The van der Waals surface area contributed by atoms with Gasteiger partial charge in [-0.2, -0.15) is 0 Å². The summed E-state index contributed by atoms with van der Waals surface area (Å²) in [7, 11) is 7.78. The van der Waals surface area contributed by atoms with Crippen LogP contribution in [0, 0.1) is 11.6 Å². The van der Waals surface area contributed by atoms with Gasteiger partial charge < -0.3 is 25.5 Å². The van der Waals surface area contributed by atoms with Gasteiger partial charge in [-0.3, -0.25) is 4.79 Å². The summed E-state index contributed by atoms with van der Waals surface area (Å²) in [5, 5.41) is 14.9. The zero-order valence-electron chi connectivity index (χ0n) is 19.3. The zero-order valence-corrected chi connectivity index (χ0v) is 20.5. The van der Waals surface area contributed by atoms with E-state index in [1.807, 2.05) is 38.0 Å². The molecule has 11 heteroatoms. The molecular weight excluding hydrogens is 477 g/mol. The van der Waals surface area contributed by atoms with Crippen molar-refractivity contribution in [2.45, 2.75) is 6.61 Å². The second-order valence-electron chi connectivity index (χ2n) is 7.28. The Morgan fingerprint density at radius 2 is 1.33 bits per heavy atom. The van der Waals surface area contributed by atoms with Gasteiger partial charge in [0.05, 0.1) is 18.0 Å². The van der Waals surface area contributed by atoms with E-state index in [1.54, 1.807) is 18.2 Å². The van der Waals surface area contributed by atoms with Crippen molar-refractivity contribution in [1.82, 2.24) is 9.80 Å². The number of carbonyl (C=O) groups excluding carboxylic acids is 1. The predicted molar refractivity (Wildman–Crippen MR) is 120 cm³/mol. The fraction of sp³-hybridized carbons (Fsp3) is 0.409. The van der Waals surface area contributed by atoms with Gasteiger partial charge in [0, 0.05) is 37.3 Å². The molecule has 3 N–H and O–H groups in total. The summed E-state index contributed by atoms with van der Waals surface area (Å²) in [6, 6.07) is 9.14. The van der Waals surface area contributed by atoms with Crippen LogP contribution in [-0.2, 0) is 29.1 Å². The van der Waals surface area contributed by atoms with Crippen molar-refractivity contribution >= 4 is 17.7 Å². The number of nitrogens with one attached hydrogen (secondary N) is 2. The Morgan fingerprint density at radius 3 is 1.79 bits per heavy atom. The Balaban J connectivity index is 0.000000555. The van der Waals surface area contributed by atoms with E-state index in [9.17, 15) is 13.6 Å². The van der Waals surface area contributed by atoms with Crippen molar-refractivity contribution in [3.05, 3.63) is 59.2 Å². The van der Waals surface area contributed by atoms with E-state index in [4.69, 9.17) is 12.8 Å². The SMILES string of the molecule is CN(C)CCNc1c(F)cccc1C=O.CN(C)CCNc1c(F)cccc1CO.[O]=[Mn]=[O]. The molecule has 0 bridgehead atoms. The van der Waals surface area contributed by atoms with Gasteiger partial charge in [-0.1, -0.05) is 18.2 Å². The van der Waals surface area contributed by atoms with Crippen molar-refractivity contribution in [2.24, 2.45) is 0 Å². The average molecular weight is 509 g/mol. The number of aliphatic hydroxyl groups is 1. The minimum atomic E-state index is -1.44. The molecule has 33 heavy (non-hydrogen) atoms. The maximum atomic E-state index is 13.4. The van der Waals surface area contributed by atoms with Gasteiger partial charge in [0.2, 0.25) is 0 Å². The Kier molecular flexibility index (Phi) is 16.7. The van der Waals surface area contributed by atoms with Crippen LogP contribution in [0.1, 0.15) is 15.9 Å². The molecule has 0 amide bonds. The van der Waals surface area contributed by atoms with E-state index >= 15 is 0 Å². The Labute approximate surface area is 199 Å². The molecule has 0 saturated carbocycles. The zero-order chi connectivity index (χ0) is 25.2. The number of carbonyl (C=O) groups is 1. The van der Waals surface area contributed by atoms with Crippen molar-refractivity contribution in [3.8, 4) is 0 Å². The summed E-state index contributed by atoms with van der Waals surface area (Å²) in [5.74, 6) is -0.710. The van der Waals surface area contributed by atoms with Gasteiger partial charge in [0.15, 0.2) is 6.29 Å². The number of anilines is 2. The van der Waals surface area contributed by atoms with E-state index in [0.29, 0.717) is 36.2 Å². The van der Waals surface area contributed by atoms with Crippen molar-refractivity contribution in [2.75, 3.05) is 65.0 Å². The molecule has 2 rings (SSSR count). The third kappa shape index (κ3) is 13.0. The monoisotopic (exact) mass is 509 g/mol. The molecule has 0 unspecified atom stereocenters. The number of benzene rings is 2. The number of rotatable bonds is 10. The Morgan fingerprint density at radius 1 is 0.879 bits per heavy atom. The first kappa shape index (κ1) is 30.6. The maximum absolute atomic E-state index is 13.4. The minimum absolute atomic E-state index is 0.151. The van der Waals surface area contributed by atoms with Crippen molar-refractivity contribution < 1.29 is 41.2 Å². The van der Waals surface area contributed by atoms with Crippen LogP contribution in [0.2, 0.25) is 0 Å². The van der Waals surface area contributed by atoms with E-state index in [-0.39, 0.29) is 18.1 Å². The molecule has 8 nitrogen and oxygen atoms in total. The molecular formula is C22H32F2MnN4O4. The van der Waals surface area contributed by atoms with E-state index in [2.05, 4.69) is 10.6 Å².